The number of nitrogens with one attached hydrogen (secondary N) is 1. The van der Waals surface area contributed by atoms with Crippen LogP contribution in [0.5, 0.6) is 11.8 Å². The van der Waals surface area contributed by atoms with E-state index >= 15 is 8.78 Å². The van der Waals surface area contributed by atoms with Gasteiger partial charge in [0.1, 0.15) is 49.4 Å². The van der Waals surface area contributed by atoms with Gasteiger partial charge in [0, 0.05) is 68.2 Å². The van der Waals surface area contributed by atoms with Crippen molar-refractivity contribution in [2.24, 2.45) is 11.8 Å². The number of hydrogen-bond acceptors (Lipinski definition) is 9. The number of carbonyl (C=O) groups is 1. The number of ether oxygens (including phenoxy) is 3. The molecule has 5 atom stereocenters. The van der Waals surface area contributed by atoms with Gasteiger partial charge in [-0.25, -0.2) is 18.0 Å². The zero-order valence-electron chi connectivity index (χ0n) is 34.7. The van der Waals surface area contributed by atoms with E-state index in [9.17, 15) is 14.3 Å². The second-order valence-corrected chi connectivity index (χ2v) is 23.4. The summed E-state index contributed by atoms with van der Waals surface area (Å²) >= 11 is 0. The molecule has 314 valence electrons. The molecule has 59 heavy (non-hydrogen) atoms. The minimum absolute atomic E-state index is 0.0439. The van der Waals surface area contributed by atoms with Gasteiger partial charge < -0.3 is 29.5 Å². The van der Waals surface area contributed by atoms with Crippen LogP contribution in [0, 0.1) is 34.9 Å². The molecule has 1 aliphatic carbocycles. The van der Waals surface area contributed by atoms with E-state index in [0.717, 1.165) is 19.4 Å². The standard InChI is InChI=1S/C44H53F3N6O5Si/c1-24(2)59(25(3)4,26(5)6)14-11-30-35(46)10-9-27-15-29(58-23-56-7)16-31(36(27)30)39-37(47)40-32(18-48-39)41(52-20-33-34(21-52)38(33)50-43(54)55)51-42(49-40)57-22-44-12-8-13-53(44)19-28(45)17-44/h9-10,15-16,18,24-26,28,33-34,38,50H,8,12-13,17,19-23H2,1-7H3,(H,54,55)/t28-,33-,34+,38-,44+/m1/s1. The molecule has 4 fully saturated rings. The highest BCUT2D eigenvalue weighted by Gasteiger charge is 2.57. The van der Waals surface area contributed by atoms with E-state index in [0.29, 0.717) is 70.4 Å². The molecule has 0 unspecified atom stereocenters. The van der Waals surface area contributed by atoms with E-state index in [1.165, 1.54) is 19.4 Å². The van der Waals surface area contributed by atoms with Gasteiger partial charge in [-0.3, -0.25) is 9.88 Å². The molecule has 3 aliphatic heterocycles. The second-order valence-electron chi connectivity index (χ2n) is 17.8. The Balaban J connectivity index is 1.28. The highest BCUT2D eigenvalue weighted by molar-refractivity contribution is 6.90. The maximum atomic E-state index is 17.6. The maximum Gasteiger partial charge on any atom is 0.404 e. The fourth-order valence-electron chi connectivity index (χ4n) is 10.8. The molecule has 0 radical (unpaired) electrons. The molecule has 4 aromatic rings. The van der Waals surface area contributed by atoms with E-state index in [4.69, 9.17) is 24.2 Å². The van der Waals surface area contributed by atoms with Gasteiger partial charge in [0.15, 0.2) is 12.6 Å². The monoisotopic (exact) mass is 830 g/mol. The Morgan fingerprint density at radius 3 is 2.46 bits per heavy atom. The number of anilines is 1. The van der Waals surface area contributed by atoms with Gasteiger partial charge in [-0.2, -0.15) is 9.97 Å². The minimum atomic E-state index is -2.31. The summed E-state index contributed by atoms with van der Waals surface area (Å²) in [7, 11) is -0.815. The Bertz CT molecular complexity index is 2320. The Morgan fingerprint density at radius 2 is 1.78 bits per heavy atom. The summed E-state index contributed by atoms with van der Waals surface area (Å²) in [6.07, 6.45) is 1.54. The zero-order chi connectivity index (χ0) is 42.0. The Morgan fingerprint density at radius 1 is 1.05 bits per heavy atom. The van der Waals surface area contributed by atoms with E-state index in [2.05, 4.69) is 68.2 Å². The molecular weight excluding hydrogens is 778 g/mol. The van der Waals surface area contributed by atoms with Gasteiger partial charge in [0.2, 0.25) is 0 Å². The molecule has 3 saturated heterocycles. The molecule has 0 bridgehead atoms. The normalized spacial score (nSPS) is 23.9. The summed E-state index contributed by atoms with van der Waals surface area (Å²) in [5.74, 6) is 2.95. The van der Waals surface area contributed by atoms with Crippen LogP contribution < -0.4 is 19.7 Å². The van der Waals surface area contributed by atoms with Crippen LogP contribution >= 0.6 is 0 Å². The predicted molar refractivity (Wildman–Crippen MR) is 223 cm³/mol. The largest absolute Gasteiger partial charge is 0.468 e. The SMILES string of the molecule is COCOc1cc(-c2ncc3c(N4C[C@@H]5[C@H](C4)[C@@H]5NC(=O)O)nc(OC[C@@]45CCCN4C[C@H](F)C5)nc3c2F)c2c(C#C[Si](C(C)C)(C(C)C)C(C)C)c(F)ccc2c1. The Hall–Kier alpha value is -4.65. The van der Waals surface area contributed by atoms with Crippen LogP contribution in [0.2, 0.25) is 16.6 Å². The van der Waals surface area contributed by atoms with Gasteiger partial charge >= 0.3 is 12.1 Å². The van der Waals surface area contributed by atoms with E-state index in [-0.39, 0.29) is 59.6 Å². The number of pyridine rings is 1. The summed E-state index contributed by atoms with van der Waals surface area (Å²) in [5, 5.41) is 13.3. The first-order chi connectivity index (χ1) is 28.2. The third-order valence-corrected chi connectivity index (χ3v) is 19.9. The first-order valence-electron chi connectivity index (χ1n) is 20.7. The maximum absolute atomic E-state index is 17.6. The van der Waals surface area contributed by atoms with Gasteiger partial charge in [-0.15, -0.1) is 5.54 Å². The molecule has 2 N–H and O–H groups in total. The second kappa shape index (κ2) is 15.7. The van der Waals surface area contributed by atoms with Gasteiger partial charge in [-0.1, -0.05) is 53.5 Å². The summed E-state index contributed by atoms with van der Waals surface area (Å²) in [6.45, 7) is 15.3. The van der Waals surface area contributed by atoms with Crippen molar-refractivity contribution >= 4 is 41.7 Å². The lowest BCUT2D eigenvalue weighted by Gasteiger charge is -2.38. The van der Waals surface area contributed by atoms with Crippen molar-refractivity contribution in [1.29, 1.82) is 0 Å². The van der Waals surface area contributed by atoms with Crippen molar-refractivity contribution in [1.82, 2.24) is 25.2 Å². The first kappa shape index (κ1) is 41.1. The van der Waals surface area contributed by atoms with Crippen molar-refractivity contribution in [2.45, 2.75) is 95.2 Å². The third-order valence-electron chi connectivity index (χ3n) is 13.6. The number of hydrogen-bond donors (Lipinski definition) is 2. The van der Waals surface area contributed by atoms with Crippen LogP contribution in [0.15, 0.2) is 30.5 Å². The number of methoxy groups -OCH3 is 1. The minimum Gasteiger partial charge on any atom is -0.468 e. The van der Waals surface area contributed by atoms with Gasteiger partial charge in [0.05, 0.1) is 16.5 Å². The van der Waals surface area contributed by atoms with Crippen molar-refractivity contribution in [2.75, 3.05) is 51.6 Å². The summed E-state index contributed by atoms with van der Waals surface area (Å²) in [4.78, 5) is 29.7. The number of alkyl halides is 1. The molecule has 1 saturated carbocycles. The average Bonchev–Trinajstić information content (AvgIpc) is 3.50. The van der Waals surface area contributed by atoms with Crippen LogP contribution in [0.1, 0.15) is 66.4 Å². The molecule has 11 nitrogen and oxygen atoms in total. The number of rotatable bonds is 12. The van der Waals surface area contributed by atoms with Crippen LogP contribution in [-0.4, -0.2) is 104 Å². The molecule has 8 rings (SSSR count). The number of benzene rings is 2. The predicted octanol–water partition coefficient (Wildman–Crippen LogP) is 8.33. The van der Waals surface area contributed by atoms with Gasteiger partial charge in [0.25, 0.3) is 0 Å². The number of aromatic nitrogens is 3. The summed E-state index contributed by atoms with van der Waals surface area (Å²) in [6, 6.07) is 6.18. The molecule has 0 spiro atoms. The molecule has 1 amide bonds. The number of carboxylic acid groups (broad SMARTS) is 1. The topological polar surface area (TPSA) is 122 Å². The van der Waals surface area contributed by atoms with Crippen LogP contribution in [0.4, 0.5) is 23.8 Å². The fourth-order valence-corrected chi connectivity index (χ4v) is 16.0. The van der Waals surface area contributed by atoms with Crippen molar-refractivity contribution in [3.05, 3.63) is 47.7 Å². The number of fused-ring (bicyclic) bond motifs is 4. The number of nitrogens with zero attached hydrogens (tertiary/aromatic N) is 5. The van der Waals surface area contributed by atoms with Gasteiger partial charge in [-0.05, 0) is 59.6 Å². The average molecular weight is 831 g/mol. The Labute approximate surface area is 344 Å². The van der Waals surface area contributed by atoms with Crippen molar-refractivity contribution in [3.63, 3.8) is 0 Å². The van der Waals surface area contributed by atoms with Crippen molar-refractivity contribution in [3.8, 4) is 34.5 Å². The molecular formula is C44H53F3N6O5Si. The third kappa shape index (κ3) is 7.24. The quantitative estimate of drug-likeness (QED) is 0.0819. The highest BCUT2D eigenvalue weighted by atomic mass is 28.3. The first-order valence-corrected chi connectivity index (χ1v) is 22.9. The molecule has 2 aromatic heterocycles. The van der Waals surface area contributed by atoms with Crippen molar-refractivity contribution < 1.29 is 37.3 Å². The van der Waals surface area contributed by atoms with E-state index < -0.39 is 37.5 Å². The fraction of sp³-hybridized carbons (Fsp3) is 0.545. The molecule has 5 heterocycles. The molecule has 4 aliphatic rings. The smallest absolute Gasteiger partial charge is 0.404 e. The lowest BCUT2D eigenvalue weighted by Crippen LogP contribution is -2.43. The number of piperidine rings is 1. The Kier molecular flexibility index (Phi) is 11.0. The van der Waals surface area contributed by atoms with Crippen LogP contribution in [0.25, 0.3) is 32.9 Å². The van der Waals surface area contributed by atoms with Crippen LogP contribution in [-0.2, 0) is 4.74 Å². The summed E-state index contributed by atoms with van der Waals surface area (Å²) in [5.41, 5.74) is 4.37. The van der Waals surface area contributed by atoms with E-state index in [1.54, 1.807) is 18.2 Å². The van der Waals surface area contributed by atoms with Crippen LogP contribution in [0.3, 0.4) is 0 Å². The lowest BCUT2D eigenvalue weighted by atomic mass is 9.95. The molecule has 15 heteroatoms. The molecule has 2 aromatic carbocycles. The summed E-state index contributed by atoms with van der Waals surface area (Å²) < 4.78 is 65.9. The zero-order valence-corrected chi connectivity index (χ0v) is 35.7. The lowest BCUT2D eigenvalue weighted by molar-refractivity contribution is 0.0512. The highest BCUT2D eigenvalue weighted by Crippen LogP contribution is 2.49. The number of halogens is 3. The van der Waals surface area contributed by atoms with E-state index in [1.807, 2.05) is 4.90 Å². The number of amides is 1.